The van der Waals surface area contributed by atoms with Crippen LogP contribution in [0.4, 0.5) is 13.2 Å². The van der Waals surface area contributed by atoms with Crippen molar-refractivity contribution in [2.45, 2.75) is 44.8 Å². The molecule has 1 amide bonds. The average Bonchev–Trinajstić information content (AvgIpc) is 3.23. The SMILES string of the molecule is CCCC(=O)NC(C)(Cc1ccccc1)c1ccnc2c(-c3ccc(C(F)(F)F)cc3)cnn12. The van der Waals surface area contributed by atoms with E-state index in [2.05, 4.69) is 15.4 Å². The van der Waals surface area contributed by atoms with Gasteiger partial charge in [0.05, 0.1) is 23.0 Å². The minimum atomic E-state index is -4.40. The highest BCUT2D eigenvalue weighted by atomic mass is 19.4. The summed E-state index contributed by atoms with van der Waals surface area (Å²) in [5.41, 5.74) is 1.95. The maximum atomic E-state index is 13.0. The molecule has 0 aliphatic rings. The molecule has 0 fully saturated rings. The number of amides is 1. The normalized spacial score (nSPS) is 13.6. The van der Waals surface area contributed by atoms with Crippen LogP contribution in [0.1, 0.15) is 43.5 Å². The predicted octanol–water partition coefficient (Wildman–Crippen LogP) is 5.79. The maximum Gasteiger partial charge on any atom is 0.416 e. The van der Waals surface area contributed by atoms with Crippen LogP contribution >= 0.6 is 0 Å². The van der Waals surface area contributed by atoms with Crippen LogP contribution in [0.5, 0.6) is 0 Å². The number of alkyl halides is 3. The first-order chi connectivity index (χ1) is 16.2. The molecule has 0 bridgehead atoms. The fourth-order valence-electron chi connectivity index (χ4n) is 4.15. The molecule has 0 aliphatic heterocycles. The summed E-state index contributed by atoms with van der Waals surface area (Å²) in [7, 11) is 0. The van der Waals surface area contributed by atoms with Crippen LogP contribution in [0.3, 0.4) is 0 Å². The summed E-state index contributed by atoms with van der Waals surface area (Å²) < 4.78 is 40.6. The number of hydrogen-bond donors (Lipinski definition) is 1. The molecule has 5 nitrogen and oxygen atoms in total. The van der Waals surface area contributed by atoms with Gasteiger partial charge in [0, 0.05) is 24.6 Å². The number of hydrogen-bond acceptors (Lipinski definition) is 3. The molecule has 2 heterocycles. The first-order valence-corrected chi connectivity index (χ1v) is 11.1. The molecule has 8 heteroatoms. The number of fused-ring (bicyclic) bond motifs is 1. The highest BCUT2D eigenvalue weighted by Gasteiger charge is 2.33. The third-order valence-corrected chi connectivity index (χ3v) is 5.78. The summed E-state index contributed by atoms with van der Waals surface area (Å²) in [6.07, 6.45) is 0.465. The molecule has 2 aromatic carbocycles. The van der Waals surface area contributed by atoms with E-state index in [0.717, 1.165) is 29.8 Å². The molecular formula is C26H25F3N4O. The molecule has 2 aromatic heterocycles. The Balaban J connectivity index is 1.78. The first-order valence-electron chi connectivity index (χ1n) is 11.1. The Hall–Kier alpha value is -3.68. The topological polar surface area (TPSA) is 59.3 Å². The van der Waals surface area contributed by atoms with E-state index in [1.165, 1.54) is 12.1 Å². The van der Waals surface area contributed by atoms with Gasteiger partial charge in [0.2, 0.25) is 5.91 Å². The van der Waals surface area contributed by atoms with Crippen molar-refractivity contribution >= 4 is 11.6 Å². The molecular weight excluding hydrogens is 441 g/mol. The number of nitrogens with one attached hydrogen (secondary N) is 1. The lowest BCUT2D eigenvalue weighted by atomic mass is 9.88. The van der Waals surface area contributed by atoms with Gasteiger partial charge in [-0.25, -0.2) is 9.50 Å². The number of halogens is 3. The van der Waals surface area contributed by atoms with Crippen molar-refractivity contribution in [3.8, 4) is 11.1 Å². The Morgan fingerprint density at radius 2 is 1.74 bits per heavy atom. The Morgan fingerprint density at radius 3 is 2.38 bits per heavy atom. The zero-order chi connectivity index (χ0) is 24.3. The number of rotatable bonds is 7. The summed E-state index contributed by atoms with van der Waals surface area (Å²) in [6, 6.07) is 16.6. The number of aromatic nitrogens is 3. The van der Waals surface area contributed by atoms with Crippen molar-refractivity contribution in [3.63, 3.8) is 0 Å². The molecule has 0 radical (unpaired) electrons. The zero-order valence-electron chi connectivity index (χ0n) is 18.9. The van der Waals surface area contributed by atoms with E-state index in [4.69, 9.17) is 0 Å². The number of benzene rings is 2. The molecule has 1 unspecified atom stereocenters. The van der Waals surface area contributed by atoms with Gasteiger partial charge >= 0.3 is 6.18 Å². The number of carbonyl (C=O) groups is 1. The lowest BCUT2D eigenvalue weighted by molar-refractivity contribution is -0.137. The molecule has 0 spiro atoms. The molecule has 0 saturated heterocycles. The molecule has 176 valence electrons. The first kappa shape index (κ1) is 23.5. The van der Waals surface area contributed by atoms with Crippen molar-refractivity contribution in [2.75, 3.05) is 0 Å². The summed E-state index contributed by atoms with van der Waals surface area (Å²) >= 11 is 0. The Morgan fingerprint density at radius 1 is 1.03 bits per heavy atom. The van der Waals surface area contributed by atoms with Gasteiger partial charge in [0.15, 0.2) is 5.65 Å². The quantitative estimate of drug-likeness (QED) is 0.375. The van der Waals surface area contributed by atoms with Gasteiger partial charge in [0.1, 0.15) is 0 Å². The van der Waals surface area contributed by atoms with E-state index < -0.39 is 17.3 Å². The lowest BCUT2D eigenvalue weighted by Crippen LogP contribution is -2.46. The van der Waals surface area contributed by atoms with Gasteiger partial charge in [-0.1, -0.05) is 49.4 Å². The van der Waals surface area contributed by atoms with E-state index in [9.17, 15) is 18.0 Å². The highest BCUT2D eigenvalue weighted by Crippen LogP contribution is 2.33. The van der Waals surface area contributed by atoms with Crippen LogP contribution < -0.4 is 5.32 Å². The van der Waals surface area contributed by atoms with E-state index >= 15 is 0 Å². The van der Waals surface area contributed by atoms with Gasteiger partial charge in [0.25, 0.3) is 0 Å². The van der Waals surface area contributed by atoms with Crippen LogP contribution in [-0.2, 0) is 22.9 Å². The minimum Gasteiger partial charge on any atom is -0.345 e. The average molecular weight is 467 g/mol. The van der Waals surface area contributed by atoms with E-state index in [-0.39, 0.29) is 5.91 Å². The van der Waals surface area contributed by atoms with Gasteiger partial charge in [-0.3, -0.25) is 4.79 Å². The number of carbonyl (C=O) groups excluding carboxylic acids is 1. The lowest BCUT2D eigenvalue weighted by Gasteiger charge is -2.32. The summed E-state index contributed by atoms with van der Waals surface area (Å²) in [6.45, 7) is 3.89. The third kappa shape index (κ3) is 4.81. The van der Waals surface area contributed by atoms with Gasteiger partial charge in [-0.15, -0.1) is 0 Å². The zero-order valence-corrected chi connectivity index (χ0v) is 18.9. The fourth-order valence-corrected chi connectivity index (χ4v) is 4.15. The largest absolute Gasteiger partial charge is 0.416 e. The molecule has 1 N–H and O–H groups in total. The van der Waals surface area contributed by atoms with Gasteiger partial charge in [-0.05, 0) is 42.7 Å². The second kappa shape index (κ2) is 9.29. The van der Waals surface area contributed by atoms with Gasteiger partial charge < -0.3 is 5.32 Å². The van der Waals surface area contributed by atoms with Crippen molar-refractivity contribution in [3.05, 3.63) is 89.9 Å². The van der Waals surface area contributed by atoms with Crippen LogP contribution in [0.15, 0.2) is 73.1 Å². The second-order valence-corrected chi connectivity index (χ2v) is 8.49. The number of nitrogens with zero attached hydrogens (tertiary/aromatic N) is 3. The standard InChI is InChI=1S/C26H25F3N4O/c1-3-7-23(34)32-25(2,16-18-8-5-4-6-9-18)22-14-15-30-24-21(17-31-33(22)24)19-10-12-20(13-11-19)26(27,28)29/h4-6,8-15,17H,3,7,16H2,1-2H3,(H,32,34). The van der Waals surface area contributed by atoms with Crippen molar-refractivity contribution in [1.29, 1.82) is 0 Å². The van der Waals surface area contributed by atoms with Gasteiger partial charge in [-0.2, -0.15) is 18.3 Å². The molecule has 4 rings (SSSR count). The fraction of sp³-hybridized carbons (Fsp3) is 0.269. The Bertz CT molecular complexity index is 1280. The van der Waals surface area contributed by atoms with Crippen molar-refractivity contribution in [1.82, 2.24) is 19.9 Å². The van der Waals surface area contributed by atoms with E-state index in [0.29, 0.717) is 29.6 Å². The molecule has 4 aromatic rings. The molecule has 0 aliphatic carbocycles. The third-order valence-electron chi connectivity index (χ3n) is 5.78. The van der Waals surface area contributed by atoms with E-state index in [1.54, 1.807) is 16.9 Å². The van der Waals surface area contributed by atoms with Crippen LogP contribution in [-0.4, -0.2) is 20.5 Å². The maximum absolute atomic E-state index is 13.0. The predicted molar refractivity (Wildman–Crippen MR) is 124 cm³/mol. The smallest absolute Gasteiger partial charge is 0.345 e. The molecule has 34 heavy (non-hydrogen) atoms. The summed E-state index contributed by atoms with van der Waals surface area (Å²) in [4.78, 5) is 17.1. The molecule has 0 saturated carbocycles. The van der Waals surface area contributed by atoms with Crippen LogP contribution in [0.2, 0.25) is 0 Å². The van der Waals surface area contributed by atoms with Crippen molar-refractivity contribution in [2.24, 2.45) is 0 Å². The minimum absolute atomic E-state index is 0.0685. The second-order valence-electron chi connectivity index (χ2n) is 8.49. The summed E-state index contributed by atoms with van der Waals surface area (Å²) in [5.74, 6) is -0.0685. The van der Waals surface area contributed by atoms with Crippen LogP contribution in [0.25, 0.3) is 16.8 Å². The van der Waals surface area contributed by atoms with Crippen LogP contribution in [0, 0.1) is 0 Å². The van der Waals surface area contributed by atoms with Crippen molar-refractivity contribution < 1.29 is 18.0 Å². The Labute approximate surface area is 195 Å². The Kier molecular flexibility index (Phi) is 6.41. The summed E-state index contributed by atoms with van der Waals surface area (Å²) in [5, 5.41) is 7.68. The molecule has 1 atom stereocenters. The van der Waals surface area contributed by atoms with E-state index in [1.807, 2.05) is 50.2 Å². The monoisotopic (exact) mass is 466 g/mol. The highest BCUT2D eigenvalue weighted by molar-refractivity contribution is 5.78.